The molecule has 6 saturated carbocycles. The van der Waals surface area contributed by atoms with Crippen LogP contribution in [0.3, 0.4) is 0 Å². The molecule has 3 amide bonds. The number of pyridine rings is 3. The van der Waals surface area contributed by atoms with E-state index in [1.165, 1.54) is 20.0 Å². The van der Waals surface area contributed by atoms with Gasteiger partial charge in [-0.05, 0) is 238 Å². The summed E-state index contributed by atoms with van der Waals surface area (Å²) in [6.45, 7) is 23.1. The Kier molecular flexibility index (Phi) is 33.0. The van der Waals surface area contributed by atoms with Crippen molar-refractivity contribution in [2.75, 3.05) is 59.4 Å². The van der Waals surface area contributed by atoms with E-state index in [2.05, 4.69) is 110 Å². The number of fused-ring (bicyclic) bond motifs is 9. The van der Waals surface area contributed by atoms with Crippen molar-refractivity contribution in [1.29, 1.82) is 0 Å². The van der Waals surface area contributed by atoms with E-state index < -0.39 is 91.8 Å². The topological polar surface area (TPSA) is 369 Å². The standard InChI is InChI=1S/C38H51N2O7P.C37H49N2O7P.C36H47N2O7P/c1-5-28-21-38(28,48(4,44)45)22-33(41)32-19-29-23-40(32)36(43)31(26-11-7-6-8-12-26)20-34(42)46-24-37(2,3)16-9-10-25-13-14-27-15-17-39-35(47-29)30(27)18-25;1-4-28-20-37(28,47(3,43)44)21-33(40)32-18-29-22-39(32)36(42)31(26-11-6-5-7-12-26)19-34(41)45-23-24(2)9-8-10-25-13-14-27-15-16-38-35(46-29)30(27)17-25;1-3-27-21-36(27,46(2,42)43)22-32(39)31-19-28-23-38(31)35(41)30(25-11-7-4-8-12-25)20-33(40)44-17-9-5-6-10-24-13-14-26-15-16-37-34(45-28)29(26)18-24/h5,13-15,17-18,26,28-29,31-32H,1,6-12,16,19-24H2,2-4H3,(H,44,45);4,13-17,24,26,28-29,31-32H,1,5-12,18-23H2,2-3H3,(H,43,44);3,13-16,18,25,27-28,30-31H,1,4-12,17,19-23H2,2H3,(H,42,43)/t28?,29-,31+,32+,38?;24-,28?,29+,31-,32-,37?;27?,28-,30+,31+,36?/m101/s1. The molecule has 762 valence electrons. The van der Waals surface area contributed by atoms with Crippen LogP contribution in [0, 0.1) is 64.6 Å². The number of Topliss-reactive ketones (excluding diaryl/α,β-unsaturated/α-hetero) is 3. The van der Waals surface area contributed by atoms with Crippen molar-refractivity contribution in [3.8, 4) is 17.6 Å². The van der Waals surface area contributed by atoms with Gasteiger partial charge in [-0.2, -0.15) is 0 Å². The van der Waals surface area contributed by atoms with E-state index in [0.717, 1.165) is 210 Å². The zero-order valence-corrected chi connectivity index (χ0v) is 86.1. The van der Waals surface area contributed by atoms with Crippen LogP contribution < -0.4 is 14.2 Å². The van der Waals surface area contributed by atoms with E-state index in [0.29, 0.717) is 50.1 Å². The van der Waals surface area contributed by atoms with Crippen molar-refractivity contribution < 1.29 is 99.9 Å². The number of cyclic esters (lactones) is 3. The number of rotatable bonds is 18. The third-order valence-corrected chi connectivity index (χ3v) is 40.8. The molecule has 3 N–H and O–H groups in total. The highest BCUT2D eigenvalue weighted by atomic mass is 31.2. The highest BCUT2D eigenvalue weighted by Gasteiger charge is 2.67. The lowest BCUT2D eigenvalue weighted by molar-refractivity contribution is -0.154. The predicted octanol–water partition coefficient (Wildman–Crippen LogP) is 19.6. The van der Waals surface area contributed by atoms with Gasteiger partial charge in [0, 0.05) is 93.3 Å². The van der Waals surface area contributed by atoms with Crippen LogP contribution >= 0.6 is 22.1 Å². The number of carbonyl (C=O) groups excluding carboxylic acids is 9. The first-order valence-electron chi connectivity index (χ1n) is 52.3. The normalized spacial score (nSPS) is 31.5. The Morgan fingerprint density at radius 3 is 1.09 bits per heavy atom. The molecule has 141 heavy (non-hydrogen) atoms. The number of allylic oxidation sites excluding steroid dienone is 3. The number of hydrogen-bond donors (Lipinski definition) is 3. The summed E-state index contributed by atoms with van der Waals surface area (Å²) >= 11 is 0. The first-order chi connectivity index (χ1) is 67.4. The van der Waals surface area contributed by atoms with Crippen molar-refractivity contribution >= 4 is 107 Å². The molecule has 6 aliphatic carbocycles. The van der Waals surface area contributed by atoms with Gasteiger partial charge in [0.05, 0.1) is 110 Å². The van der Waals surface area contributed by atoms with Gasteiger partial charge >= 0.3 is 17.9 Å². The Balaban J connectivity index is 0.000000152. The second-order valence-electron chi connectivity index (χ2n) is 44.5. The molecule has 19 atom stereocenters. The molecule has 9 heterocycles. The lowest BCUT2D eigenvalue weighted by atomic mass is 9.77. The summed E-state index contributed by atoms with van der Waals surface area (Å²) in [6, 6.07) is 22.2. The molecule has 0 spiro atoms. The highest BCUT2D eigenvalue weighted by Crippen LogP contribution is 2.73. The Morgan fingerprint density at radius 2 is 0.752 bits per heavy atom. The number of nitrogens with zero attached hydrogens (tertiary/aromatic N) is 6. The quantitative estimate of drug-likeness (QED) is 0.0311. The van der Waals surface area contributed by atoms with Gasteiger partial charge < -0.3 is 57.8 Å². The molecular weight excluding hydrogens is 1850 g/mol. The van der Waals surface area contributed by atoms with Crippen molar-refractivity contribution in [3.63, 3.8) is 0 Å². The molecule has 3 saturated heterocycles. The molecule has 9 fully saturated rings. The summed E-state index contributed by atoms with van der Waals surface area (Å²) in [4.78, 5) is 177. The van der Waals surface area contributed by atoms with Crippen LogP contribution in [0.1, 0.15) is 256 Å². The van der Waals surface area contributed by atoms with Crippen LogP contribution in [0.2, 0.25) is 0 Å². The van der Waals surface area contributed by atoms with Gasteiger partial charge in [-0.3, -0.25) is 56.8 Å². The van der Waals surface area contributed by atoms with E-state index in [9.17, 15) is 71.5 Å². The zero-order valence-electron chi connectivity index (χ0n) is 83.4. The van der Waals surface area contributed by atoms with Crippen molar-refractivity contribution in [1.82, 2.24) is 29.7 Å². The van der Waals surface area contributed by atoms with Crippen LogP contribution in [0.15, 0.2) is 129 Å². The first-order valence-corrected chi connectivity index (χ1v) is 58.6. The molecule has 3 aromatic heterocycles. The zero-order chi connectivity index (χ0) is 100. The average Bonchev–Trinajstić information content (AvgIpc) is 1.57. The molecule has 6 aliphatic heterocycles. The number of carbonyl (C=O) groups is 9. The summed E-state index contributed by atoms with van der Waals surface area (Å²) in [7, 11) is -10.9. The summed E-state index contributed by atoms with van der Waals surface area (Å²) in [6.07, 6.45) is 33.4. The van der Waals surface area contributed by atoms with Gasteiger partial charge in [0.15, 0.2) is 17.3 Å². The molecule has 18 rings (SSSR count). The third kappa shape index (κ3) is 24.2. The Labute approximate surface area is 830 Å². The van der Waals surface area contributed by atoms with E-state index in [1.54, 1.807) is 51.5 Å². The Morgan fingerprint density at radius 1 is 0.426 bits per heavy atom. The Bertz CT molecular complexity index is 5810. The van der Waals surface area contributed by atoms with Crippen LogP contribution in [0.4, 0.5) is 0 Å². The maximum absolute atomic E-state index is 14.7. The van der Waals surface area contributed by atoms with E-state index in [4.69, 9.17) is 28.4 Å². The lowest BCUT2D eigenvalue weighted by Crippen LogP contribution is -2.47. The maximum Gasteiger partial charge on any atom is 0.306 e. The summed E-state index contributed by atoms with van der Waals surface area (Å²) < 4.78 is 76.1. The number of ketones is 3. The number of benzene rings is 3. The molecular formula is C111H147N6O21P3. The minimum Gasteiger partial charge on any atom is -0.472 e. The second-order valence-corrected chi connectivity index (χ2v) is 52.4. The van der Waals surface area contributed by atoms with Gasteiger partial charge in [-0.15, -0.1) is 19.7 Å². The molecule has 9 unspecified atom stereocenters. The average molecular weight is 1990 g/mol. The Hall–Kier alpha value is -9.09. The summed E-state index contributed by atoms with van der Waals surface area (Å²) in [5.74, 6) is -3.41. The van der Waals surface area contributed by atoms with Crippen molar-refractivity contribution in [2.24, 2.45) is 64.6 Å². The van der Waals surface area contributed by atoms with Crippen LogP contribution in [0.5, 0.6) is 17.6 Å². The van der Waals surface area contributed by atoms with Crippen LogP contribution in [0.25, 0.3) is 32.3 Å². The fourth-order valence-corrected chi connectivity index (χ4v) is 30.0. The lowest BCUT2D eigenvalue weighted by Gasteiger charge is -2.34. The van der Waals surface area contributed by atoms with Gasteiger partial charge in [0.25, 0.3) is 0 Å². The number of esters is 3. The highest BCUT2D eigenvalue weighted by molar-refractivity contribution is 7.60. The summed E-state index contributed by atoms with van der Waals surface area (Å²) in [5.41, 5.74) is 3.24. The van der Waals surface area contributed by atoms with Gasteiger partial charge in [0.1, 0.15) is 18.3 Å². The van der Waals surface area contributed by atoms with Gasteiger partial charge in [-0.25, -0.2) is 15.0 Å². The smallest absolute Gasteiger partial charge is 0.306 e. The third-order valence-electron chi connectivity index (χ3n) is 33.8. The molecule has 12 bridgehead atoms. The fourth-order valence-electron chi connectivity index (χ4n) is 24.9. The first kappa shape index (κ1) is 105. The number of aromatic nitrogens is 3. The van der Waals surface area contributed by atoms with Crippen LogP contribution in [-0.4, -0.2) is 209 Å². The molecule has 30 heteroatoms. The van der Waals surface area contributed by atoms with Gasteiger partial charge in [-0.1, -0.05) is 133 Å². The molecule has 0 radical (unpaired) electrons. The molecule has 27 nitrogen and oxygen atoms in total. The van der Waals surface area contributed by atoms with Crippen molar-refractivity contribution in [2.45, 2.75) is 310 Å². The molecule has 3 aromatic carbocycles. The van der Waals surface area contributed by atoms with Crippen molar-refractivity contribution in [3.05, 3.63) is 146 Å². The monoisotopic (exact) mass is 1990 g/mol. The van der Waals surface area contributed by atoms with Gasteiger partial charge in [0.2, 0.25) is 57.5 Å². The fraction of sp³-hybridized carbons (Fsp3) is 0.622. The number of ether oxygens (including phenoxy) is 6. The molecule has 6 aromatic rings. The number of hydrogen-bond acceptors (Lipinski definition) is 21. The maximum atomic E-state index is 14.7. The number of amides is 3. The minimum atomic E-state index is -3.65. The minimum absolute atomic E-state index is 0.0128. The second kappa shape index (κ2) is 44.5. The largest absolute Gasteiger partial charge is 0.472 e. The predicted molar refractivity (Wildman–Crippen MR) is 541 cm³/mol. The SMILES string of the molecule is C=CC1CC1(CC(=O)[C@@H]1C[C@@H]2CN1C(=O)[C@H](C1CCCCC1)CC(=O)OCC(C)(C)CCCc1ccc3ccnc(c3c1)O2)P(C)(=O)O.C=CC1CC1(CC(=O)[C@@H]1C[C@@H]2CN1C(=O)[C@H](C1CCCCC1)CC(=O)OCCCCCc1ccc3ccnc(c3c1)O2)P(C)(=O)O.C=CC1CC1(CC(=O)[C@@H]1C[C@@H]2CN1C(=O)[C@H](C1CCCCC1)CC(=O)OC[C@@H](C)CCCc1ccc3ccnc(c3c1)O2)P(C)(=O)O. The summed E-state index contributed by atoms with van der Waals surface area (Å²) in [5, 5.41) is 2.49. The van der Waals surface area contributed by atoms with Crippen LogP contribution in [-0.2, 0) is 90.3 Å². The van der Waals surface area contributed by atoms with E-state index in [-0.39, 0.29) is 184 Å². The van der Waals surface area contributed by atoms with E-state index in [1.807, 2.05) is 18.2 Å². The van der Waals surface area contributed by atoms with E-state index >= 15 is 0 Å². The molecule has 12 aliphatic rings. The number of aryl methyl sites for hydroxylation is 3.